The molecule has 0 amide bonds. The van der Waals surface area contributed by atoms with Crippen LogP contribution in [0.15, 0.2) is 48.5 Å². The molecule has 0 bridgehead atoms. The second-order valence-electron chi connectivity index (χ2n) is 5.71. The summed E-state index contributed by atoms with van der Waals surface area (Å²) in [4.78, 5) is 0. The van der Waals surface area contributed by atoms with Crippen molar-refractivity contribution in [1.29, 1.82) is 0 Å². The average molecular weight is 350 g/mol. The van der Waals surface area contributed by atoms with Gasteiger partial charge in [-0.1, -0.05) is 29.5 Å². The number of hydrogen-bond acceptors (Lipinski definition) is 6. The molecule has 4 rings (SSSR count). The predicted molar refractivity (Wildman–Crippen MR) is 103 cm³/mol. The SMILES string of the molecule is Cc1[nH]nc2ccc(-c3nnc(NCCNc4ccccc4)s3)cc12. The number of hydrogen-bond donors (Lipinski definition) is 3. The number of aromatic amines is 1. The summed E-state index contributed by atoms with van der Waals surface area (Å²) in [6.45, 7) is 3.62. The van der Waals surface area contributed by atoms with Crippen LogP contribution in [-0.4, -0.2) is 33.5 Å². The number of benzene rings is 2. The zero-order valence-electron chi connectivity index (χ0n) is 13.8. The molecule has 3 N–H and O–H groups in total. The smallest absolute Gasteiger partial charge is 0.206 e. The van der Waals surface area contributed by atoms with Gasteiger partial charge in [-0.15, -0.1) is 10.2 Å². The molecular weight excluding hydrogens is 332 g/mol. The van der Waals surface area contributed by atoms with Gasteiger partial charge >= 0.3 is 0 Å². The Hall–Kier alpha value is -2.93. The number of nitrogens with one attached hydrogen (secondary N) is 3. The first-order valence-electron chi connectivity index (χ1n) is 8.11. The molecule has 0 radical (unpaired) electrons. The van der Waals surface area contributed by atoms with Gasteiger partial charge in [-0.3, -0.25) is 5.10 Å². The van der Waals surface area contributed by atoms with Crippen molar-refractivity contribution in [2.75, 3.05) is 23.7 Å². The van der Waals surface area contributed by atoms with Gasteiger partial charge < -0.3 is 10.6 Å². The van der Waals surface area contributed by atoms with Crippen molar-refractivity contribution >= 4 is 33.1 Å². The highest BCUT2D eigenvalue weighted by atomic mass is 32.1. The Morgan fingerprint density at radius 1 is 1.00 bits per heavy atom. The molecule has 2 heterocycles. The lowest BCUT2D eigenvalue weighted by atomic mass is 10.1. The third kappa shape index (κ3) is 3.46. The summed E-state index contributed by atoms with van der Waals surface area (Å²) in [5.41, 5.74) is 4.21. The largest absolute Gasteiger partial charge is 0.383 e. The molecule has 0 spiro atoms. The molecule has 0 aliphatic carbocycles. The van der Waals surface area contributed by atoms with E-state index in [2.05, 4.69) is 49.2 Å². The minimum atomic E-state index is 0.781. The van der Waals surface area contributed by atoms with E-state index in [0.29, 0.717) is 0 Å². The van der Waals surface area contributed by atoms with Crippen molar-refractivity contribution < 1.29 is 0 Å². The molecule has 4 aromatic rings. The van der Waals surface area contributed by atoms with Crippen molar-refractivity contribution in [2.45, 2.75) is 6.92 Å². The van der Waals surface area contributed by atoms with E-state index in [0.717, 1.165) is 51.1 Å². The fourth-order valence-electron chi connectivity index (χ4n) is 2.61. The molecule has 0 fully saturated rings. The Labute approximate surface area is 149 Å². The number of rotatable bonds is 6. The van der Waals surface area contributed by atoms with Gasteiger partial charge in [0, 0.05) is 35.4 Å². The van der Waals surface area contributed by atoms with Gasteiger partial charge in [0.15, 0.2) is 0 Å². The Kier molecular flexibility index (Phi) is 4.30. The van der Waals surface area contributed by atoms with Gasteiger partial charge in [-0.05, 0) is 37.3 Å². The molecule has 0 aliphatic rings. The zero-order chi connectivity index (χ0) is 17.1. The third-order valence-electron chi connectivity index (χ3n) is 3.92. The van der Waals surface area contributed by atoms with E-state index in [9.17, 15) is 0 Å². The van der Waals surface area contributed by atoms with Crippen LogP contribution in [0, 0.1) is 6.92 Å². The number of anilines is 2. The standard InChI is InChI=1S/C18H18N6S/c1-12-15-11-13(7-8-16(15)22-21-12)17-23-24-18(25-17)20-10-9-19-14-5-3-2-4-6-14/h2-8,11,19H,9-10H2,1H3,(H,20,24)(H,21,22). The normalized spacial score (nSPS) is 10.9. The number of para-hydroxylation sites is 1. The van der Waals surface area contributed by atoms with Gasteiger partial charge in [0.1, 0.15) is 5.01 Å². The van der Waals surface area contributed by atoms with Crippen LogP contribution in [0.25, 0.3) is 21.5 Å². The van der Waals surface area contributed by atoms with Crippen LogP contribution < -0.4 is 10.6 Å². The van der Waals surface area contributed by atoms with Crippen LogP contribution in [0.4, 0.5) is 10.8 Å². The van der Waals surface area contributed by atoms with Gasteiger partial charge in [0.25, 0.3) is 0 Å². The van der Waals surface area contributed by atoms with E-state index in [1.165, 1.54) is 0 Å². The van der Waals surface area contributed by atoms with Gasteiger partial charge in [0.2, 0.25) is 5.13 Å². The molecule has 0 saturated heterocycles. The summed E-state index contributed by atoms with van der Waals surface area (Å²) in [6, 6.07) is 16.3. The van der Waals surface area contributed by atoms with E-state index in [1.807, 2.05) is 37.3 Å². The zero-order valence-corrected chi connectivity index (χ0v) is 14.6. The van der Waals surface area contributed by atoms with Crippen LogP contribution in [0.1, 0.15) is 5.69 Å². The molecule has 25 heavy (non-hydrogen) atoms. The van der Waals surface area contributed by atoms with E-state index in [-0.39, 0.29) is 0 Å². The summed E-state index contributed by atoms with van der Waals surface area (Å²) in [5, 5.41) is 25.3. The highest BCUT2D eigenvalue weighted by Crippen LogP contribution is 2.29. The lowest BCUT2D eigenvalue weighted by Gasteiger charge is -2.06. The molecule has 0 unspecified atom stereocenters. The Morgan fingerprint density at radius 3 is 2.72 bits per heavy atom. The molecule has 2 aromatic carbocycles. The Balaban J connectivity index is 1.38. The maximum atomic E-state index is 4.30. The summed E-state index contributed by atoms with van der Waals surface area (Å²) in [6.07, 6.45) is 0. The lowest BCUT2D eigenvalue weighted by Crippen LogP contribution is -2.13. The molecular formula is C18H18N6S. The van der Waals surface area contributed by atoms with Crippen LogP contribution in [0.3, 0.4) is 0 Å². The fraction of sp³-hybridized carbons (Fsp3) is 0.167. The average Bonchev–Trinajstić information content (AvgIpc) is 3.27. The highest BCUT2D eigenvalue weighted by molar-refractivity contribution is 7.18. The summed E-state index contributed by atoms with van der Waals surface area (Å²) in [7, 11) is 0. The van der Waals surface area contributed by atoms with Crippen molar-refractivity contribution in [3.05, 3.63) is 54.2 Å². The quantitative estimate of drug-likeness (QED) is 0.460. The van der Waals surface area contributed by atoms with Crippen molar-refractivity contribution in [3.8, 4) is 10.6 Å². The minimum absolute atomic E-state index is 0.781. The highest BCUT2D eigenvalue weighted by Gasteiger charge is 2.09. The van der Waals surface area contributed by atoms with Crippen molar-refractivity contribution in [2.24, 2.45) is 0 Å². The predicted octanol–water partition coefficient (Wildman–Crippen LogP) is 3.91. The van der Waals surface area contributed by atoms with Crippen molar-refractivity contribution in [1.82, 2.24) is 20.4 Å². The van der Waals surface area contributed by atoms with Gasteiger partial charge in [-0.2, -0.15) is 5.10 Å². The molecule has 7 heteroatoms. The first-order chi connectivity index (χ1) is 12.3. The van der Waals surface area contributed by atoms with Crippen LogP contribution >= 0.6 is 11.3 Å². The molecule has 0 saturated carbocycles. The van der Waals surface area contributed by atoms with Crippen molar-refractivity contribution in [3.63, 3.8) is 0 Å². The lowest BCUT2D eigenvalue weighted by molar-refractivity contribution is 1.03. The third-order valence-corrected chi connectivity index (χ3v) is 4.85. The second kappa shape index (κ2) is 6.90. The van der Waals surface area contributed by atoms with Crippen LogP contribution in [0.5, 0.6) is 0 Å². The van der Waals surface area contributed by atoms with E-state index < -0.39 is 0 Å². The Morgan fingerprint density at radius 2 is 1.84 bits per heavy atom. The summed E-state index contributed by atoms with van der Waals surface area (Å²) in [5.74, 6) is 0. The maximum Gasteiger partial charge on any atom is 0.206 e. The second-order valence-corrected chi connectivity index (χ2v) is 6.69. The summed E-state index contributed by atoms with van der Waals surface area (Å²) >= 11 is 1.56. The van der Waals surface area contributed by atoms with E-state index >= 15 is 0 Å². The van der Waals surface area contributed by atoms with Gasteiger partial charge in [-0.25, -0.2) is 0 Å². The first kappa shape index (κ1) is 15.6. The molecule has 2 aromatic heterocycles. The molecule has 0 aliphatic heterocycles. The minimum Gasteiger partial charge on any atom is -0.383 e. The first-order valence-corrected chi connectivity index (χ1v) is 8.92. The molecule has 126 valence electrons. The van der Waals surface area contributed by atoms with E-state index in [4.69, 9.17) is 0 Å². The van der Waals surface area contributed by atoms with Crippen LogP contribution in [0.2, 0.25) is 0 Å². The van der Waals surface area contributed by atoms with Gasteiger partial charge in [0.05, 0.1) is 5.52 Å². The number of nitrogens with zero attached hydrogens (tertiary/aromatic N) is 3. The topological polar surface area (TPSA) is 78.5 Å². The number of H-pyrrole nitrogens is 1. The number of fused-ring (bicyclic) bond motifs is 1. The van der Waals surface area contributed by atoms with E-state index in [1.54, 1.807) is 11.3 Å². The summed E-state index contributed by atoms with van der Waals surface area (Å²) < 4.78 is 0. The fourth-order valence-corrected chi connectivity index (χ4v) is 3.38. The Bertz CT molecular complexity index is 976. The van der Waals surface area contributed by atoms with Crippen LogP contribution in [-0.2, 0) is 0 Å². The molecule has 0 atom stereocenters. The number of aromatic nitrogens is 4. The maximum absolute atomic E-state index is 4.30. The molecule has 6 nitrogen and oxygen atoms in total. The monoisotopic (exact) mass is 350 g/mol. The number of aryl methyl sites for hydroxylation is 1.